The zero-order valence-electron chi connectivity index (χ0n) is 17.5. The summed E-state index contributed by atoms with van der Waals surface area (Å²) < 4.78 is 11.2. The van der Waals surface area contributed by atoms with Gasteiger partial charge >= 0.3 is 0 Å². The minimum absolute atomic E-state index is 0. The van der Waals surface area contributed by atoms with E-state index < -0.39 is 0 Å². The number of aromatic nitrogens is 2. The van der Waals surface area contributed by atoms with Gasteiger partial charge in [0, 0.05) is 35.2 Å². The maximum atomic E-state index is 5.60. The van der Waals surface area contributed by atoms with Crippen molar-refractivity contribution in [3.8, 4) is 22.8 Å². The largest absolute Gasteiger partial charge is 0.493 e. The van der Waals surface area contributed by atoms with Crippen molar-refractivity contribution in [2.24, 2.45) is 0 Å². The molecule has 160 valence electrons. The number of hydrogen-bond acceptors (Lipinski definition) is 4. The van der Waals surface area contributed by atoms with Crippen LogP contribution < -0.4 is 9.47 Å². The fourth-order valence-electron chi connectivity index (χ4n) is 4.02. The highest BCUT2D eigenvalue weighted by atomic mass is 16.5. The van der Waals surface area contributed by atoms with Gasteiger partial charge in [0.2, 0.25) is 0 Å². The first-order chi connectivity index (χ1) is 15.3. The van der Waals surface area contributed by atoms with Gasteiger partial charge in [-0.05, 0) is 40.8 Å². The Kier molecular flexibility index (Phi) is 6.04. The summed E-state index contributed by atoms with van der Waals surface area (Å²) in [6, 6.07) is 24.6. The molecule has 0 N–H and O–H groups in total. The van der Waals surface area contributed by atoms with Crippen LogP contribution in [0.15, 0.2) is 85.2 Å². The fraction of sp³-hybridized carbons (Fsp3) is 0.143. The van der Waals surface area contributed by atoms with Crippen molar-refractivity contribution in [2.75, 3.05) is 14.2 Å². The van der Waals surface area contributed by atoms with Crippen molar-refractivity contribution in [1.82, 2.24) is 9.97 Å². The van der Waals surface area contributed by atoms with E-state index in [0.29, 0.717) is 11.5 Å². The predicted octanol–water partition coefficient (Wildman–Crippen LogP) is 6.69. The van der Waals surface area contributed by atoms with Gasteiger partial charge in [-0.25, -0.2) is 0 Å². The van der Waals surface area contributed by atoms with E-state index >= 15 is 0 Å². The second kappa shape index (κ2) is 9.06. The van der Waals surface area contributed by atoms with E-state index in [1.807, 2.05) is 60.9 Å². The highest BCUT2D eigenvalue weighted by Gasteiger charge is 2.15. The maximum absolute atomic E-state index is 5.60. The van der Waals surface area contributed by atoms with E-state index in [9.17, 15) is 0 Å². The molecule has 0 radical (unpaired) electrons. The second-order valence-corrected chi connectivity index (χ2v) is 7.46. The van der Waals surface area contributed by atoms with Crippen LogP contribution in [0.1, 0.15) is 18.6 Å². The molecular weight excluding hydrogens is 396 g/mol. The number of pyridine rings is 2. The number of hydrogen-bond donors (Lipinski definition) is 0. The van der Waals surface area contributed by atoms with E-state index in [1.54, 1.807) is 14.2 Å². The molecule has 5 rings (SSSR count). The van der Waals surface area contributed by atoms with E-state index in [4.69, 9.17) is 14.5 Å². The van der Waals surface area contributed by atoms with Gasteiger partial charge in [0.15, 0.2) is 11.5 Å². The molecule has 3 aromatic carbocycles. The number of rotatable bonds is 5. The maximum Gasteiger partial charge on any atom is 0.161 e. The summed E-state index contributed by atoms with van der Waals surface area (Å²) in [5.41, 5.74) is 5.26. The monoisotopic (exact) mass is 422 g/mol. The first-order valence-electron chi connectivity index (χ1n) is 10.2. The zero-order chi connectivity index (χ0) is 21.2. The molecule has 0 fully saturated rings. The molecule has 2 heterocycles. The Hall–Kier alpha value is -3.92. The average molecular weight is 423 g/mol. The van der Waals surface area contributed by atoms with Crippen LogP contribution >= 0.6 is 0 Å². The molecule has 4 nitrogen and oxygen atoms in total. The third-order valence-electron chi connectivity index (χ3n) is 5.56. The first kappa shape index (κ1) is 21.3. The number of nitrogens with zero attached hydrogens (tertiary/aromatic N) is 2. The van der Waals surface area contributed by atoms with Crippen LogP contribution in [0.4, 0.5) is 0 Å². The molecule has 0 amide bonds. The topological polar surface area (TPSA) is 44.2 Å². The first-order valence-corrected chi connectivity index (χ1v) is 10.2. The van der Waals surface area contributed by atoms with E-state index in [2.05, 4.69) is 29.2 Å². The Morgan fingerprint density at radius 1 is 0.719 bits per heavy atom. The van der Waals surface area contributed by atoms with Crippen LogP contribution in [0.3, 0.4) is 0 Å². The molecule has 0 unspecified atom stereocenters. The number of ether oxygens (including phenoxy) is 2. The lowest BCUT2D eigenvalue weighted by atomic mass is 9.96. The average Bonchev–Trinajstić information content (AvgIpc) is 2.83. The SMILES string of the molecule is C.COc1cc2c(Cc3cnc4ccccc4c3)cnc(-c3ccccc3)c2cc1OC. The standard InChI is InChI=1S/C27H22N2O2.CH4/c1-30-25-14-22-21(13-18-12-20-10-6-7-11-24(20)28-16-18)17-29-27(19-8-4-3-5-9-19)23(22)15-26(25)31-2;/h3-12,14-17H,13H2,1-2H3;1H4. The van der Waals surface area contributed by atoms with Gasteiger partial charge in [-0.2, -0.15) is 0 Å². The van der Waals surface area contributed by atoms with E-state index in [1.165, 1.54) is 0 Å². The van der Waals surface area contributed by atoms with Gasteiger partial charge in [-0.15, -0.1) is 0 Å². The third-order valence-corrected chi connectivity index (χ3v) is 5.56. The summed E-state index contributed by atoms with van der Waals surface area (Å²) in [6.45, 7) is 0. The van der Waals surface area contributed by atoms with E-state index in [-0.39, 0.29) is 7.43 Å². The van der Waals surface area contributed by atoms with Gasteiger partial charge in [0.05, 0.1) is 25.4 Å². The van der Waals surface area contributed by atoms with Crippen molar-refractivity contribution in [1.29, 1.82) is 0 Å². The van der Waals surface area contributed by atoms with Gasteiger partial charge < -0.3 is 9.47 Å². The molecule has 0 bridgehead atoms. The van der Waals surface area contributed by atoms with Gasteiger partial charge in [-0.3, -0.25) is 9.97 Å². The van der Waals surface area contributed by atoms with Crippen LogP contribution in [0.25, 0.3) is 32.9 Å². The Balaban J connectivity index is 0.00000245. The van der Waals surface area contributed by atoms with Crippen LogP contribution in [-0.4, -0.2) is 24.2 Å². The molecular formula is C28H26N2O2. The third kappa shape index (κ3) is 3.87. The number of fused-ring (bicyclic) bond motifs is 2. The molecule has 0 aliphatic carbocycles. The highest BCUT2D eigenvalue weighted by molar-refractivity contribution is 5.98. The normalized spacial score (nSPS) is 10.7. The lowest BCUT2D eigenvalue weighted by Gasteiger charge is -2.15. The van der Waals surface area contributed by atoms with Crippen LogP contribution in [0.2, 0.25) is 0 Å². The minimum Gasteiger partial charge on any atom is -0.493 e. The molecule has 32 heavy (non-hydrogen) atoms. The second-order valence-electron chi connectivity index (χ2n) is 7.46. The summed E-state index contributed by atoms with van der Waals surface area (Å²) in [5, 5.41) is 3.27. The molecule has 0 atom stereocenters. The lowest BCUT2D eigenvalue weighted by Crippen LogP contribution is -1.98. The summed E-state index contributed by atoms with van der Waals surface area (Å²) in [5.74, 6) is 1.40. The summed E-state index contributed by atoms with van der Waals surface area (Å²) >= 11 is 0. The molecule has 0 aliphatic rings. The number of methoxy groups -OCH3 is 2. The Bertz CT molecular complexity index is 1380. The predicted molar refractivity (Wildman–Crippen MR) is 132 cm³/mol. The van der Waals surface area contributed by atoms with Crippen LogP contribution in [0.5, 0.6) is 11.5 Å². The summed E-state index contributed by atoms with van der Waals surface area (Å²) in [4.78, 5) is 9.47. The fourth-order valence-corrected chi connectivity index (χ4v) is 4.02. The molecule has 0 saturated carbocycles. The van der Waals surface area contributed by atoms with Gasteiger partial charge in [0.1, 0.15) is 0 Å². The molecule has 0 spiro atoms. The van der Waals surface area contributed by atoms with Crippen molar-refractivity contribution in [2.45, 2.75) is 13.8 Å². The molecule has 0 aliphatic heterocycles. The Morgan fingerprint density at radius 3 is 2.16 bits per heavy atom. The quantitative estimate of drug-likeness (QED) is 0.316. The Morgan fingerprint density at radius 2 is 1.41 bits per heavy atom. The van der Waals surface area contributed by atoms with E-state index in [0.717, 1.165) is 50.5 Å². The summed E-state index contributed by atoms with van der Waals surface area (Å²) in [7, 11) is 3.32. The van der Waals surface area contributed by atoms with Gasteiger partial charge in [-0.1, -0.05) is 56.0 Å². The van der Waals surface area contributed by atoms with Crippen molar-refractivity contribution < 1.29 is 9.47 Å². The highest BCUT2D eigenvalue weighted by Crippen LogP contribution is 2.38. The molecule has 5 aromatic rings. The Labute approximate surface area is 188 Å². The smallest absolute Gasteiger partial charge is 0.161 e. The summed E-state index contributed by atoms with van der Waals surface area (Å²) in [6.07, 6.45) is 4.64. The molecule has 4 heteroatoms. The van der Waals surface area contributed by atoms with Crippen molar-refractivity contribution >= 4 is 21.7 Å². The van der Waals surface area contributed by atoms with Crippen molar-refractivity contribution in [3.63, 3.8) is 0 Å². The van der Waals surface area contributed by atoms with Crippen LogP contribution in [-0.2, 0) is 6.42 Å². The molecule has 0 saturated heterocycles. The molecule has 2 aromatic heterocycles. The van der Waals surface area contributed by atoms with Crippen molar-refractivity contribution in [3.05, 3.63) is 96.3 Å². The number of benzene rings is 3. The van der Waals surface area contributed by atoms with Gasteiger partial charge in [0.25, 0.3) is 0 Å². The minimum atomic E-state index is 0. The van der Waals surface area contributed by atoms with Crippen LogP contribution in [0, 0.1) is 0 Å². The number of para-hydroxylation sites is 1. The lowest BCUT2D eigenvalue weighted by molar-refractivity contribution is 0.356. The zero-order valence-corrected chi connectivity index (χ0v) is 17.5.